The molecule has 0 radical (unpaired) electrons. The third kappa shape index (κ3) is 2.30. The molecule has 0 aliphatic carbocycles. The Balaban J connectivity index is 1.99. The summed E-state index contributed by atoms with van der Waals surface area (Å²) >= 11 is 0. The summed E-state index contributed by atoms with van der Waals surface area (Å²) in [6, 6.07) is 13.1. The highest BCUT2D eigenvalue weighted by atomic mass is 16.1. The van der Waals surface area contributed by atoms with Crippen LogP contribution in [-0.4, -0.2) is 14.8 Å². The molecule has 0 amide bonds. The van der Waals surface area contributed by atoms with E-state index in [4.69, 9.17) is 5.73 Å². The van der Waals surface area contributed by atoms with Crippen LogP contribution < -0.4 is 11.3 Å². The van der Waals surface area contributed by atoms with Crippen molar-refractivity contribution < 1.29 is 0 Å². The van der Waals surface area contributed by atoms with E-state index in [9.17, 15) is 4.79 Å². The Bertz CT molecular complexity index is 795. The number of fused-ring (bicyclic) bond motifs is 1. The Morgan fingerprint density at radius 3 is 2.84 bits per heavy atom. The molecule has 0 saturated heterocycles. The van der Waals surface area contributed by atoms with Crippen LogP contribution >= 0.6 is 0 Å². The second-order valence-corrected chi connectivity index (χ2v) is 4.28. The quantitative estimate of drug-likeness (QED) is 0.748. The molecule has 94 valence electrons. The van der Waals surface area contributed by atoms with Crippen molar-refractivity contribution in [1.29, 1.82) is 0 Å². The normalized spacial score (nSPS) is 10.7. The van der Waals surface area contributed by atoms with Crippen molar-refractivity contribution in [1.82, 2.24) is 14.8 Å². The predicted octanol–water partition coefficient (Wildman–Crippen LogP) is 1.42. The molecule has 0 saturated carbocycles. The minimum Gasteiger partial charge on any atom is -0.397 e. The number of aromatic nitrogens is 3. The van der Waals surface area contributed by atoms with Gasteiger partial charge in [0.1, 0.15) is 0 Å². The fourth-order valence-electron chi connectivity index (χ4n) is 1.92. The summed E-state index contributed by atoms with van der Waals surface area (Å²) < 4.78 is 1.34. The van der Waals surface area contributed by atoms with E-state index in [-0.39, 0.29) is 5.56 Å². The molecule has 2 N–H and O–H groups in total. The minimum absolute atomic E-state index is 0.227. The SMILES string of the molecule is Nc1cnn(Cc2ccc3ccccc3n2)c(=O)c1. The molecule has 1 aromatic carbocycles. The van der Waals surface area contributed by atoms with Gasteiger partial charge in [-0.1, -0.05) is 24.3 Å². The number of nitrogens with zero attached hydrogens (tertiary/aromatic N) is 3. The molecule has 0 aliphatic heterocycles. The third-order valence-corrected chi connectivity index (χ3v) is 2.86. The van der Waals surface area contributed by atoms with Gasteiger partial charge in [0.15, 0.2) is 0 Å². The first-order chi connectivity index (χ1) is 9.22. The Morgan fingerprint density at radius 1 is 1.16 bits per heavy atom. The topological polar surface area (TPSA) is 73.8 Å². The average molecular weight is 252 g/mol. The van der Waals surface area contributed by atoms with E-state index in [0.717, 1.165) is 16.6 Å². The van der Waals surface area contributed by atoms with Gasteiger partial charge in [0.05, 0.1) is 29.6 Å². The van der Waals surface area contributed by atoms with Gasteiger partial charge in [0.2, 0.25) is 0 Å². The highest BCUT2D eigenvalue weighted by Gasteiger charge is 2.02. The molecule has 3 aromatic rings. The first kappa shape index (κ1) is 11.4. The molecule has 0 fully saturated rings. The van der Waals surface area contributed by atoms with Crippen molar-refractivity contribution in [3.63, 3.8) is 0 Å². The molecular formula is C14H12N4O. The lowest BCUT2D eigenvalue weighted by atomic mass is 10.2. The second-order valence-electron chi connectivity index (χ2n) is 4.28. The van der Waals surface area contributed by atoms with Crippen LogP contribution in [-0.2, 0) is 6.54 Å². The molecular weight excluding hydrogens is 240 g/mol. The van der Waals surface area contributed by atoms with E-state index < -0.39 is 0 Å². The molecule has 19 heavy (non-hydrogen) atoms. The molecule has 2 aromatic heterocycles. The van der Waals surface area contributed by atoms with Gasteiger partial charge in [-0.05, 0) is 12.1 Å². The molecule has 0 bridgehead atoms. The van der Waals surface area contributed by atoms with Crippen molar-refractivity contribution in [2.45, 2.75) is 6.54 Å². The van der Waals surface area contributed by atoms with Crippen molar-refractivity contribution in [3.8, 4) is 0 Å². The average Bonchev–Trinajstić information content (AvgIpc) is 2.42. The fraction of sp³-hybridized carbons (Fsp3) is 0.0714. The van der Waals surface area contributed by atoms with E-state index in [1.165, 1.54) is 16.9 Å². The number of benzene rings is 1. The van der Waals surface area contributed by atoms with Gasteiger partial charge in [-0.15, -0.1) is 0 Å². The number of pyridine rings is 1. The highest BCUT2D eigenvalue weighted by Crippen LogP contribution is 2.11. The Labute approximate surface area is 109 Å². The number of nitrogen functional groups attached to an aromatic ring is 1. The Kier molecular flexibility index (Phi) is 2.72. The zero-order chi connectivity index (χ0) is 13.2. The van der Waals surface area contributed by atoms with Gasteiger partial charge in [0, 0.05) is 11.5 Å². The number of rotatable bonds is 2. The summed E-state index contributed by atoms with van der Waals surface area (Å²) in [5, 5.41) is 5.07. The van der Waals surface area contributed by atoms with Crippen LogP contribution in [0.15, 0.2) is 53.5 Å². The lowest BCUT2D eigenvalue weighted by molar-refractivity contribution is 0.630. The monoisotopic (exact) mass is 252 g/mol. The summed E-state index contributed by atoms with van der Waals surface area (Å²) in [7, 11) is 0. The van der Waals surface area contributed by atoms with Gasteiger partial charge in [0.25, 0.3) is 5.56 Å². The van der Waals surface area contributed by atoms with Crippen LogP contribution in [0.25, 0.3) is 10.9 Å². The van der Waals surface area contributed by atoms with Crippen molar-refractivity contribution in [3.05, 3.63) is 64.7 Å². The maximum atomic E-state index is 11.7. The van der Waals surface area contributed by atoms with Crippen LogP contribution in [0, 0.1) is 0 Å². The second kappa shape index (κ2) is 4.53. The zero-order valence-electron chi connectivity index (χ0n) is 10.2. The van der Waals surface area contributed by atoms with Gasteiger partial charge >= 0.3 is 0 Å². The van der Waals surface area contributed by atoms with Crippen molar-refractivity contribution >= 4 is 16.6 Å². The zero-order valence-corrected chi connectivity index (χ0v) is 10.2. The van der Waals surface area contributed by atoms with Crippen LogP contribution in [0.2, 0.25) is 0 Å². The van der Waals surface area contributed by atoms with Crippen LogP contribution in [0.4, 0.5) is 5.69 Å². The van der Waals surface area contributed by atoms with E-state index in [2.05, 4.69) is 10.1 Å². The minimum atomic E-state index is -0.227. The lowest BCUT2D eigenvalue weighted by Crippen LogP contribution is -2.23. The summed E-state index contributed by atoms with van der Waals surface area (Å²) in [6.45, 7) is 0.337. The fourth-order valence-corrected chi connectivity index (χ4v) is 1.92. The third-order valence-electron chi connectivity index (χ3n) is 2.86. The number of nitrogens with two attached hydrogens (primary N) is 1. The molecule has 0 unspecified atom stereocenters. The summed E-state index contributed by atoms with van der Waals surface area (Å²) in [5.74, 6) is 0. The largest absolute Gasteiger partial charge is 0.397 e. The molecule has 5 heteroatoms. The van der Waals surface area contributed by atoms with Crippen LogP contribution in [0.5, 0.6) is 0 Å². The summed E-state index contributed by atoms with van der Waals surface area (Å²) in [5.41, 5.74) is 7.34. The number of para-hydroxylation sites is 1. The maximum absolute atomic E-state index is 11.7. The molecule has 0 atom stereocenters. The number of hydrogen-bond acceptors (Lipinski definition) is 4. The molecule has 2 heterocycles. The summed E-state index contributed by atoms with van der Waals surface area (Å²) in [6.07, 6.45) is 1.46. The van der Waals surface area contributed by atoms with E-state index in [1.54, 1.807) is 0 Å². The molecule has 5 nitrogen and oxygen atoms in total. The molecule has 0 aliphatic rings. The standard InChI is InChI=1S/C14H12N4O/c15-11-7-14(19)18(16-8-11)9-12-6-5-10-3-1-2-4-13(10)17-12/h1-8H,9,15H2. The summed E-state index contributed by atoms with van der Waals surface area (Å²) in [4.78, 5) is 16.2. The van der Waals surface area contributed by atoms with Gasteiger partial charge in [-0.3, -0.25) is 9.78 Å². The first-order valence-corrected chi connectivity index (χ1v) is 5.90. The predicted molar refractivity (Wildman–Crippen MR) is 73.8 cm³/mol. The van der Waals surface area contributed by atoms with E-state index in [1.807, 2.05) is 36.4 Å². The van der Waals surface area contributed by atoms with Crippen molar-refractivity contribution in [2.24, 2.45) is 0 Å². The number of anilines is 1. The molecule has 3 rings (SSSR count). The van der Waals surface area contributed by atoms with E-state index >= 15 is 0 Å². The van der Waals surface area contributed by atoms with E-state index in [0.29, 0.717) is 12.2 Å². The Hall–Kier alpha value is -2.69. The Morgan fingerprint density at radius 2 is 2.00 bits per heavy atom. The maximum Gasteiger partial charge on any atom is 0.269 e. The molecule has 0 spiro atoms. The van der Waals surface area contributed by atoms with Gasteiger partial charge in [-0.25, -0.2) is 4.68 Å². The van der Waals surface area contributed by atoms with Gasteiger partial charge < -0.3 is 5.73 Å². The smallest absolute Gasteiger partial charge is 0.269 e. The highest BCUT2D eigenvalue weighted by molar-refractivity contribution is 5.78. The number of hydrogen-bond donors (Lipinski definition) is 1. The lowest BCUT2D eigenvalue weighted by Gasteiger charge is -2.05. The van der Waals surface area contributed by atoms with Gasteiger partial charge in [-0.2, -0.15) is 5.10 Å². The van der Waals surface area contributed by atoms with Crippen LogP contribution in [0.1, 0.15) is 5.69 Å². The first-order valence-electron chi connectivity index (χ1n) is 5.90. The van der Waals surface area contributed by atoms with Crippen LogP contribution in [0.3, 0.4) is 0 Å². The van der Waals surface area contributed by atoms with Crippen molar-refractivity contribution in [2.75, 3.05) is 5.73 Å².